The molecule has 32 heavy (non-hydrogen) atoms. The van der Waals surface area contributed by atoms with Crippen molar-refractivity contribution in [3.8, 4) is 0 Å². The molecule has 1 atom stereocenters. The largest absolute Gasteiger partial charge is 0.481 e. The minimum atomic E-state index is -1.63. The van der Waals surface area contributed by atoms with Gasteiger partial charge in [0.1, 0.15) is 0 Å². The van der Waals surface area contributed by atoms with Gasteiger partial charge in [0, 0.05) is 24.3 Å². The second kappa shape index (κ2) is 10.6. The fourth-order valence-electron chi connectivity index (χ4n) is 3.15. The molecule has 0 spiro atoms. The number of hydrogen-bond donors (Lipinski definition) is 5. The van der Waals surface area contributed by atoms with E-state index in [1.807, 2.05) is 0 Å². The minimum absolute atomic E-state index is 0.352. The van der Waals surface area contributed by atoms with Crippen LogP contribution in [0, 0.1) is 0 Å². The predicted octanol–water partition coefficient (Wildman–Crippen LogP) is 1.86. The van der Waals surface area contributed by atoms with Gasteiger partial charge in [0.2, 0.25) is 5.91 Å². The SMILES string of the molecule is O=C(O)CC(Cl)(NC(=O)CNC(=O)c1cccc(NC2=NCCCN2)c1)c1ccccc1. The van der Waals surface area contributed by atoms with E-state index in [0.717, 1.165) is 19.5 Å². The zero-order valence-corrected chi connectivity index (χ0v) is 18.0. The number of carbonyl (C=O) groups is 3. The molecule has 2 amide bonds. The Morgan fingerprint density at radius 1 is 1.12 bits per heavy atom. The van der Waals surface area contributed by atoms with E-state index in [0.29, 0.717) is 22.8 Å². The number of aliphatic imine (C=N–C) groups is 1. The summed E-state index contributed by atoms with van der Waals surface area (Å²) in [6.07, 6.45) is 0.444. The van der Waals surface area contributed by atoms with Gasteiger partial charge < -0.3 is 26.4 Å². The van der Waals surface area contributed by atoms with E-state index in [1.165, 1.54) is 0 Å². The second-order valence-electron chi connectivity index (χ2n) is 7.19. The van der Waals surface area contributed by atoms with Gasteiger partial charge in [-0.05, 0) is 30.2 Å². The van der Waals surface area contributed by atoms with Gasteiger partial charge in [-0.3, -0.25) is 19.4 Å². The topological polar surface area (TPSA) is 132 Å². The molecule has 0 aliphatic carbocycles. The Kier molecular flexibility index (Phi) is 7.67. The number of hydrogen-bond acceptors (Lipinski definition) is 6. The normalized spacial score (nSPS) is 14.8. The smallest absolute Gasteiger partial charge is 0.307 e. The van der Waals surface area contributed by atoms with E-state index in [4.69, 9.17) is 11.6 Å². The summed E-state index contributed by atoms with van der Waals surface area (Å²) in [5.74, 6) is -1.60. The van der Waals surface area contributed by atoms with Crippen LogP contribution < -0.4 is 21.3 Å². The molecule has 1 heterocycles. The van der Waals surface area contributed by atoms with Crippen molar-refractivity contribution in [2.75, 3.05) is 25.0 Å². The predicted molar refractivity (Wildman–Crippen MR) is 122 cm³/mol. The van der Waals surface area contributed by atoms with Crippen molar-refractivity contribution in [3.05, 3.63) is 65.7 Å². The number of aliphatic carboxylic acids is 1. The van der Waals surface area contributed by atoms with Gasteiger partial charge >= 0.3 is 5.97 Å². The van der Waals surface area contributed by atoms with Crippen molar-refractivity contribution >= 4 is 41.0 Å². The molecule has 0 saturated carbocycles. The Bertz CT molecular complexity index is 1010. The van der Waals surface area contributed by atoms with E-state index < -0.39 is 29.2 Å². The van der Waals surface area contributed by atoms with Crippen molar-refractivity contribution in [1.29, 1.82) is 0 Å². The number of nitrogens with one attached hydrogen (secondary N) is 4. The highest BCUT2D eigenvalue weighted by molar-refractivity contribution is 6.25. The first-order valence-corrected chi connectivity index (χ1v) is 10.4. The van der Waals surface area contributed by atoms with E-state index in [1.54, 1.807) is 54.6 Å². The van der Waals surface area contributed by atoms with Crippen LogP contribution in [-0.4, -0.2) is 48.5 Å². The Labute approximate surface area is 190 Å². The molecule has 10 heteroatoms. The number of amides is 2. The number of benzene rings is 2. The summed E-state index contributed by atoms with van der Waals surface area (Å²) >= 11 is 6.45. The lowest BCUT2D eigenvalue weighted by Gasteiger charge is -2.27. The van der Waals surface area contributed by atoms with Crippen LogP contribution in [0.25, 0.3) is 0 Å². The molecule has 1 unspecified atom stereocenters. The van der Waals surface area contributed by atoms with Gasteiger partial charge in [-0.15, -0.1) is 0 Å². The molecule has 2 aromatic rings. The Balaban J connectivity index is 1.60. The number of carbonyl (C=O) groups excluding carboxylic acids is 2. The molecule has 0 fully saturated rings. The van der Waals surface area contributed by atoms with Crippen LogP contribution in [0.3, 0.4) is 0 Å². The van der Waals surface area contributed by atoms with Crippen molar-refractivity contribution in [3.63, 3.8) is 0 Å². The van der Waals surface area contributed by atoms with E-state index in [-0.39, 0.29) is 6.54 Å². The number of halogens is 1. The molecule has 0 radical (unpaired) electrons. The van der Waals surface area contributed by atoms with Gasteiger partial charge in [-0.1, -0.05) is 48.0 Å². The highest BCUT2D eigenvalue weighted by atomic mass is 35.5. The summed E-state index contributed by atoms with van der Waals surface area (Å²) < 4.78 is 0. The van der Waals surface area contributed by atoms with Crippen LogP contribution in [0.2, 0.25) is 0 Å². The highest BCUT2D eigenvalue weighted by Gasteiger charge is 2.34. The third-order valence-electron chi connectivity index (χ3n) is 4.66. The molecule has 1 aliphatic heterocycles. The quantitative estimate of drug-likeness (QED) is 0.303. The first-order valence-electron chi connectivity index (χ1n) is 10.1. The lowest BCUT2D eigenvalue weighted by atomic mass is 10.0. The molecule has 5 N–H and O–H groups in total. The van der Waals surface area contributed by atoms with E-state index >= 15 is 0 Å². The van der Waals surface area contributed by atoms with Crippen LogP contribution in [0.4, 0.5) is 5.69 Å². The molecule has 0 bridgehead atoms. The molecular weight excluding hydrogens is 434 g/mol. The summed E-state index contributed by atoms with van der Waals surface area (Å²) in [4.78, 5) is 38.9. The zero-order valence-electron chi connectivity index (χ0n) is 17.2. The molecule has 168 valence electrons. The number of carboxylic acids is 1. The van der Waals surface area contributed by atoms with Gasteiger partial charge in [-0.25, -0.2) is 0 Å². The van der Waals surface area contributed by atoms with Crippen molar-refractivity contribution in [1.82, 2.24) is 16.0 Å². The number of nitrogens with zero attached hydrogens (tertiary/aromatic N) is 1. The van der Waals surface area contributed by atoms with Gasteiger partial charge in [0.15, 0.2) is 11.0 Å². The third-order valence-corrected chi connectivity index (χ3v) is 5.10. The second-order valence-corrected chi connectivity index (χ2v) is 7.83. The maximum absolute atomic E-state index is 12.5. The number of alkyl halides is 1. The van der Waals surface area contributed by atoms with Gasteiger partial charge in [0.25, 0.3) is 5.91 Å². The number of rotatable bonds is 8. The van der Waals surface area contributed by atoms with Crippen LogP contribution in [0.5, 0.6) is 0 Å². The average molecular weight is 458 g/mol. The van der Waals surface area contributed by atoms with Crippen LogP contribution >= 0.6 is 11.6 Å². The Morgan fingerprint density at radius 2 is 1.91 bits per heavy atom. The standard InChI is InChI=1S/C22H24ClN5O4/c23-22(13-19(30)31,16-7-2-1-3-8-16)28-18(29)14-26-20(32)15-6-4-9-17(12-15)27-21-24-10-5-11-25-21/h1-4,6-9,12H,5,10-11,13-14H2,(H,26,32)(H,28,29)(H,30,31)(H2,24,25,27). The maximum Gasteiger partial charge on any atom is 0.307 e. The lowest BCUT2D eigenvalue weighted by molar-refractivity contribution is -0.138. The molecule has 2 aromatic carbocycles. The van der Waals surface area contributed by atoms with Gasteiger partial charge in [0.05, 0.1) is 13.0 Å². The van der Waals surface area contributed by atoms with Crippen molar-refractivity contribution in [2.45, 2.75) is 17.8 Å². The average Bonchev–Trinajstić information content (AvgIpc) is 2.78. The fourth-order valence-corrected chi connectivity index (χ4v) is 3.49. The molecule has 3 rings (SSSR count). The summed E-state index contributed by atoms with van der Waals surface area (Å²) in [7, 11) is 0. The highest BCUT2D eigenvalue weighted by Crippen LogP contribution is 2.29. The van der Waals surface area contributed by atoms with Crippen LogP contribution in [-0.2, 0) is 14.6 Å². The number of carboxylic acid groups (broad SMARTS) is 1. The van der Waals surface area contributed by atoms with Crippen molar-refractivity contribution < 1.29 is 19.5 Å². The summed E-state index contributed by atoms with van der Waals surface area (Å²) in [5, 5.41) is 20.5. The Hall–Kier alpha value is -3.59. The van der Waals surface area contributed by atoms with E-state index in [2.05, 4.69) is 26.3 Å². The lowest BCUT2D eigenvalue weighted by Crippen LogP contribution is -2.47. The Morgan fingerprint density at radius 3 is 2.59 bits per heavy atom. The monoisotopic (exact) mass is 457 g/mol. The fraction of sp³-hybridized carbons (Fsp3) is 0.273. The molecule has 1 aliphatic rings. The van der Waals surface area contributed by atoms with Crippen LogP contribution in [0.15, 0.2) is 59.6 Å². The number of anilines is 1. The molecule has 0 saturated heterocycles. The van der Waals surface area contributed by atoms with Crippen LogP contribution in [0.1, 0.15) is 28.8 Å². The molecule has 9 nitrogen and oxygen atoms in total. The van der Waals surface area contributed by atoms with Crippen molar-refractivity contribution in [2.24, 2.45) is 4.99 Å². The van der Waals surface area contributed by atoms with Gasteiger partial charge in [-0.2, -0.15) is 0 Å². The maximum atomic E-state index is 12.5. The van der Waals surface area contributed by atoms with E-state index in [9.17, 15) is 19.5 Å². The number of guanidine groups is 1. The molecular formula is C22H24ClN5O4. The summed E-state index contributed by atoms with van der Waals surface area (Å²) in [5.41, 5.74) is 1.47. The first kappa shape index (κ1) is 23.1. The summed E-state index contributed by atoms with van der Waals surface area (Å²) in [6.45, 7) is 1.19. The third kappa shape index (κ3) is 6.45. The zero-order chi connectivity index (χ0) is 23.0. The first-order chi connectivity index (χ1) is 15.4. The minimum Gasteiger partial charge on any atom is -0.481 e. The summed E-state index contributed by atoms with van der Waals surface area (Å²) in [6, 6.07) is 15.2. The molecule has 0 aromatic heterocycles.